The number of alkyl carbamates (subject to hydrolysis) is 1. The molecule has 1 unspecified atom stereocenters. The number of carbonyl (C=O) groups is 2. The minimum absolute atomic E-state index is 0.121. The second kappa shape index (κ2) is 5.63. The van der Waals surface area contributed by atoms with Crippen molar-refractivity contribution < 1.29 is 19.4 Å². The number of nitrogens with one attached hydrogen (secondary N) is 1. The zero-order valence-electron chi connectivity index (χ0n) is 11.2. The van der Waals surface area contributed by atoms with E-state index in [0.717, 1.165) is 0 Å². The molecule has 0 saturated carbocycles. The van der Waals surface area contributed by atoms with E-state index in [2.05, 4.69) is 20.7 Å². The van der Waals surface area contributed by atoms with Crippen LogP contribution in [-0.4, -0.2) is 43.0 Å². The molecular formula is C10H17N5O4. The number of aromatic nitrogens is 4. The van der Waals surface area contributed by atoms with E-state index in [4.69, 9.17) is 9.84 Å². The van der Waals surface area contributed by atoms with Gasteiger partial charge in [0.2, 0.25) is 0 Å². The van der Waals surface area contributed by atoms with E-state index in [1.54, 1.807) is 27.8 Å². The summed E-state index contributed by atoms with van der Waals surface area (Å²) in [7, 11) is 1.54. The second-order valence-corrected chi connectivity index (χ2v) is 4.93. The number of amides is 1. The van der Waals surface area contributed by atoms with E-state index in [9.17, 15) is 9.59 Å². The standard InChI is InChI=1S/C10H17N5O4/c1-10(2,3)19-9(18)11-6(5-7(16)17)8-12-14-15(4)13-8/h6H,5H2,1-4H3,(H,11,18)(H,16,17). The van der Waals surface area contributed by atoms with Crippen molar-refractivity contribution in [1.82, 2.24) is 25.5 Å². The van der Waals surface area contributed by atoms with Gasteiger partial charge < -0.3 is 15.2 Å². The molecule has 1 aromatic rings. The van der Waals surface area contributed by atoms with Crippen LogP contribution < -0.4 is 5.32 Å². The van der Waals surface area contributed by atoms with Crippen LogP contribution in [0.2, 0.25) is 0 Å². The molecule has 0 saturated heterocycles. The maximum Gasteiger partial charge on any atom is 0.408 e. The molecule has 9 nitrogen and oxygen atoms in total. The SMILES string of the molecule is Cn1nnc(C(CC(=O)O)NC(=O)OC(C)(C)C)n1. The summed E-state index contributed by atoms with van der Waals surface area (Å²) in [5, 5.41) is 22.4. The molecule has 0 fully saturated rings. The molecule has 106 valence electrons. The van der Waals surface area contributed by atoms with E-state index in [1.807, 2.05) is 0 Å². The van der Waals surface area contributed by atoms with Crippen LogP contribution in [0.3, 0.4) is 0 Å². The average molecular weight is 271 g/mol. The Kier molecular flexibility index (Phi) is 4.41. The molecule has 0 aliphatic rings. The summed E-state index contributed by atoms with van der Waals surface area (Å²) in [6.07, 6.45) is -1.09. The van der Waals surface area contributed by atoms with Gasteiger partial charge in [-0.05, 0) is 26.0 Å². The number of nitrogens with zero attached hydrogens (tertiary/aromatic N) is 4. The first-order chi connectivity index (χ1) is 8.67. The molecule has 2 N–H and O–H groups in total. The first kappa shape index (κ1) is 14.9. The van der Waals surface area contributed by atoms with Crippen LogP contribution in [0.25, 0.3) is 0 Å². The maximum absolute atomic E-state index is 11.6. The lowest BCUT2D eigenvalue weighted by molar-refractivity contribution is -0.137. The highest BCUT2D eigenvalue weighted by molar-refractivity contribution is 5.71. The van der Waals surface area contributed by atoms with Crippen molar-refractivity contribution >= 4 is 12.1 Å². The Hall–Kier alpha value is -2.19. The zero-order valence-corrected chi connectivity index (χ0v) is 11.2. The molecule has 1 amide bonds. The highest BCUT2D eigenvalue weighted by atomic mass is 16.6. The lowest BCUT2D eigenvalue weighted by Gasteiger charge is -2.21. The number of ether oxygens (including phenoxy) is 1. The van der Waals surface area contributed by atoms with Crippen LogP contribution in [0.15, 0.2) is 0 Å². The minimum atomic E-state index is -1.09. The first-order valence-corrected chi connectivity index (χ1v) is 5.62. The number of carbonyl (C=O) groups excluding carboxylic acids is 1. The van der Waals surface area contributed by atoms with Gasteiger partial charge in [0.25, 0.3) is 0 Å². The fraction of sp³-hybridized carbons (Fsp3) is 0.700. The summed E-state index contributed by atoms with van der Waals surface area (Å²) in [4.78, 5) is 23.6. The Morgan fingerprint density at radius 3 is 2.53 bits per heavy atom. The summed E-state index contributed by atoms with van der Waals surface area (Å²) >= 11 is 0. The monoisotopic (exact) mass is 271 g/mol. The van der Waals surface area contributed by atoms with E-state index < -0.39 is 23.7 Å². The Labute approximate surface area is 109 Å². The normalized spacial score (nSPS) is 12.8. The molecule has 19 heavy (non-hydrogen) atoms. The zero-order chi connectivity index (χ0) is 14.6. The van der Waals surface area contributed by atoms with Crippen molar-refractivity contribution in [2.75, 3.05) is 0 Å². The molecule has 0 aliphatic carbocycles. The van der Waals surface area contributed by atoms with Gasteiger partial charge in [-0.1, -0.05) is 0 Å². The number of carboxylic acids is 1. The van der Waals surface area contributed by atoms with Gasteiger partial charge >= 0.3 is 12.1 Å². The van der Waals surface area contributed by atoms with Crippen molar-refractivity contribution in [1.29, 1.82) is 0 Å². The van der Waals surface area contributed by atoms with E-state index in [1.165, 1.54) is 4.80 Å². The Balaban J connectivity index is 2.76. The second-order valence-electron chi connectivity index (χ2n) is 4.93. The van der Waals surface area contributed by atoms with Crippen LogP contribution >= 0.6 is 0 Å². The summed E-state index contributed by atoms with van der Waals surface area (Å²) < 4.78 is 5.05. The Morgan fingerprint density at radius 2 is 2.11 bits per heavy atom. The number of carboxylic acid groups (broad SMARTS) is 1. The quantitative estimate of drug-likeness (QED) is 0.805. The molecule has 0 spiro atoms. The van der Waals surface area contributed by atoms with Crippen molar-refractivity contribution in [3.8, 4) is 0 Å². The average Bonchev–Trinajstić information content (AvgIpc) is 2.60. The van der Waals surface area contributed by atoms with E-state index >= 15 is 0 Å². The van der Waals surface area contributed by atoms with Gasteiger partial charge in [0.15, 0.2) is 5.82 Å². The maximum atomic E-state index is 11.6. The molecule has 0 aromatic carbocycles. The van der Waals surface area contributed by atoms with Crippen LogP contribution in [0.4, 0.5) is 4.79 Å². The molecule has 0 bridgehead atoms. The number of aryl methyl sites for hydroxylation is 1. The number of hydrogen-bond acceptors (Lipinski definition) is 6. The van der Waals surface area contributed by atoms with Gasteiger partial charge in [-0.15, -0.1) is 10.2 Å². The topological polar surface area (TPSA) is 119 Å². The lowest BCUT2D eigenvalue weighted by atomic mass is 10.2. The summed E-state index contributed by atoms with van der Waals surface area (Å²) in [6, 6.07) is -0.888. The van der Waals surface area contributed by atoms with Gasteiger partial charge in [-0.3, -0.25) is 4.79 Å². The van der Waals surface area contributed by atoms with Crippen molar-refractivity contribution in [3.05, 3.63) is 5.82 Å². The molecule has 9 heteroatoms. The Morgan fingerprint density at radius 1 is 1.47 bits per heavy atom. The highest BCUT2D eigenvalue weighted by Gasteiger charge is 2.25. The van der Waals surface area contributed by atoms with E-state index in [0.29, 0.717) is 0 Å². The third-order valence-corrected chi connectivity index (χ3v) is 1.91. The van der Waals surface area contributed by atoms with Crippen LogP contribution in [0.5, 0.6) is 0 Å². The molecule has 1 rings (SSSR count). The van der Waals surface area contributed by atoms with Gasteiger partial charge in [0.05, 0.1) is 13.5 Å². The predicted molar refractivity (Wildman–Crippen MR) is 63.2 cm³/mol. The van der Waals surface area contributed by atoms with Crippen LogP contribution in [0.1, 0.15) is 39.1 Å². The largest absolute Gasteiger partial charge is 0.481 e. The number of aliphatic carboxylic acids is 1. The summed E-state index contributed by atoms with van der Waals surface area (Å²) in [6.45, 7) is 5.12. The Bertz CT molecular complexity index is 465. The predicted octanol–water partition coefficient (Wildman–Crippen LogP) is 0.251. The van der Waals surface area contributed by atoms with Gasteiger partial charge in [-0.25, -0.2) is 4.79 Å². The van der Waals surface area contributed by atoms with Gasteiger partial charge in [-0.2, -0.15) is 4.80 Å². The summed E-state index contributed by atoms with van der Waals surface area (Å²) in [5.41, 5.74) is -0.673. The van der Waals surface area contributed by atoms with Crippen molar-refractivity contribution in [2.45, 2.75) is 38.8 Å². The molecule has 1 heterocycles. The minimum Gasteiger partial charge on any atom is -0.481 e. The van der Waals surface area contributed by atoms with Gasteiger partial charge in [0.1, 0.15) is 11.6 Å². The highest BCUT2D eigenvalue weighted by Crippen LogP contribution is 2.13. The third-order valence-electron chi connectivity index (χ3n) is 1.91. The molecular weight excluding hydrogens is 254 g/mol. The van der Waals surface area contributed by atoms with Crippen molar-refractivity contribution in [3.63, 3.8) is 0 Å². The van der Waals surface area contributed by atoms with Crippen LogP contribution in [0, 0.1) is 0 Å². The molecule has 1 atom stereocenters. The lowest BCUT2D eigenvalue weighted by Crippen LogP contribution is -2.36. The fourth-order valence-electron chi connectivity index (χ4n) is 1.27. The third kappa shape index (κ3) is 5.32. The summed E-state index contributed by atoms with van der Waals surface area (Å²) in [5.74, 6) is -0.968. The smallest absolute Gasteiger partial charge is 0.408 e. The number of hydrogen-bond donors (Lipinski definition) is 2. The fourth-order valence-corrected chi connectivity index (χ4v) is 1.27. The first-order valence-electron chi connectivity index (χ1n) is 5.62. The molecule has 0 radical (unpaired) electrons. The van der Waals surface area contributed by atoms with Crippen LogP contribution in [-0.2, 0) is 16.6 Å². The van der Waals surface area contributed by atoms with Crippen molar-refractivity contribution in [2.24, 2.45) is 7.05 Å². The number of rotatable bonds is 4. The molecule has 1 aromatic heterocycles. The number of tetrazole rings is 1. The van der Waals surface area contributed by atoms with Gasteiger partial charge in [0, 0.05) is 0 Å². The molecule has 0 aliphatic heterocycles. The van der Waals surface area contributed by atoms with E-state index in [-0.39, 0.29) is 12.2 Å².